The molecule has 3 N–H and O–H groups in total. The summed E-state index contributed by atoms with van der Waals surface area (Å²) in [4.78, 5) is 11.8. The SMILES string of the molecule is NCC(Sc1n[nH]c(=O)n1C1CC1)c1ccccc1Br. The van der Waals surface area contributed by atoms with Gasteiger partial charge in [0.1, 0.15) is 0 Å². The Balaban J connectivity index is 1.89. The number of halogens is 1. The van der Waals surface area contributed by atoms with Crippen molar-refractivity contribution < 1.29 is 0 Å². The van der Waals surface area contributed by atoms with Crippen molar-refractivity contribution in [2.45, 2.75) is 29.3 Å². The van der Waals surface area contributed by atoms with E-state index in [1.807, 2.05) is 24.3 Å². The minimum atomic E-state index is -0.127. The molecule has 7 heteroatoms. The smallest absolute Gasteiger partial charge is 0.329 e. The molecule has 1 heterocycles. The predicted molar refractivity (Wildman–Crippen MR) is 82.9 cm³/mol. The van der Waals surface area contributed by atoms with Crippen LogP contribution in [0.4, 0.5) is 0 Å². The minimum absolute atomic E-state index is 0.0678. The molecule has 0 amide bonds. The van der Waals surface area contributed by atoms with Gasteiger partial charge in [0.2, 0.25) is 0 Å². The van der Waals surface area contributed by atoms with E-state index in [4.69, 9.17) is 5.73 Å². The molecule has 1 aliphatic rings. The molecule has 2 aromatic rings. The van der Waals surface area contributed by atoms with Crippen molar-refractivity contribution in [3.63, 3.8) is 0 Å². The van der Waals surface area contributed by atoms with Gasteiger partial charge in [-0.05, 0) is 24.5 Å². The second-order valence-corrected chi connectivity index (χ2v) is 6.80. The summed E-state index contributed by atoms with van der Waals surface area (Å²) in [6, 6.07) is 8.31. The maximum absolute atomic E-state index is 11.8. The number of hydrogen-bond acceptors (Lipinski definition) is 4. The minimum Gasteiger partial charge on any atom is -0.329 e. The van der Waals surface area contributed by atoms with Crippen molar-refractivity contribution in [1.82, 2.24) is 14.8 Å². The van der Waals surface area contributed by atoms with Gasteiger partial charge in [-0.15, -0.1) is 5.10 Å². The Morgan fingerprint density at radius 2 is 2.25 bits per heavy atom. The summed E-state index contributed by atoms with van der Waals surface area (Å²) in [7, 11) is 0. The van der Waals surface area contributed by atoms with E-state index in [9.17, 15) is 4.79 Å². The first-order valence-electron chi connectivity index (χ1n) is 6.48. The summed E-state index contributed by atoms with van der Waals surface area (Å²) in [5.74, 6) is 0. The number of hydrogen-bond donors (Lipinski definition) is 2. The Kier molecular flexibility index (Phi) is 4.00. The lowest BCUT2D eigenvalue weighted by atomic mass is 10.1. The summed E-state index contributed by atoms with van der Waals surface area (Å²) in [5, 5.41) is 7.47. The normalized spacial score (nSPS) is 16.3. The zero-order valence-electron chi connectivity index (χ0n) is 10.8. The highest BCUT2D eigenvalue weighted by molar-refractivity contribution is 9.10. The van der Waals surface area contributed by atoms with Gasteiger partial charge in [-0.25, -0.2) is 9.89 Å². The van der Waals surface area contributed by atoms with Crippen LogP contribution in [0.1, 0.15) is 29.7 Å². The van der Waals surface area contributed by atoms with Crippen LogP contribution in [0.5, 0.6) is 0 Å². The lowest BCUT2D eigenvalue weighted by molar-refractivity contribution is 0.640. The Morgan fingerprint density at radius 1 is 1.50 bits per heavy atom. The Labute approximate surface area is 129 Å². The molecule has 106 valence electrons. The molecular weight excluding hydrogens is 340 g/mol. The molecule has 1 fully saturated rings. The number of H-pyrrole nitrogens is 1. The highest BCUT2D eigenvalue weighted by Crippen LogP contribution is 2.40. The molecule has 1 atom stereocenters. The summed E-state index contributed by atoms with van der Waals surface area (Å²) >= 11 is 5.09. The average Bonchev–Trinajstić information content (AvgIpc) is 3.21. The Morgan fingerprint density at radius 3 is 2.90 bits per heavy atom. The fourth-order valence-corrected chi connectivity index (χ4v) is 3.97. The molecule has 0 radical (unpaired) electrons. The first-order valence-corrected chi connectivity index (χ1v) is 8.16. The van der Waals surface area contributed by atoms with Crippen molar-refractivity contribution in [2.24, 2.45) is 5.73 Å². The molecule has 0 aliphatic heterocycles. The third kappa shape index (κ3) is 2.70. The Hall–Kier alpha value is -1.05. The van der Waals surface area contributed by atoms with Crippen LogP contribution in [-0.4, -0.2) is 21.3 Å². The number of nitrogens with two attached hydrogens (primary N) is 1. The molecule has 3 rings (SSSR count). The second kappa shape index (κ2) is 5.75. The van der Waals surface area contributed by atoms with Gasteiger partial charge in [0.15, 0.2) is 5.16 Å². The molecule has 20 heavy (non-hydrogen) atoms. The van der Waals surface area contributed by atoms with E-state index >= 15 is 0 Å². The zero-order valence-corrected chi connectivity index (χ0v) is 13.2. The van der Waals surface area contributed by atoms with Gasteiger partial charge >= 0.3 is 5.69 Å². The van der Waals surface area contributed by atoms with Gasteiger partial charge in [0, 0.05) is 17.1 Å². The van der Waals surface area contributed by atoms with Crippen molar-refractivity contribution in [3.05, 3.63) is 44.8 Å². The van der Waals surface area contributed by atoms with E-state index in [0.29, 0.717) is 12.6 Å². The Bertz CT molecular complexity index is 664. The van der Waals surface area contributed by atoms with Crippen molar-refractivity contribution in [3.8, 4) is 0 Å². The van der Waals surface area contributed by atoms with Gasteiger partial charge in [0.25, 0.3) is 0 Å². The van der Waals surface area contributed by atoms with E-state index < -0.39 is 0 Å². The fourth-order valence-electron chi connectivity index (χ4n) is 2.13. The first kappa shape index (κ1) is 13.9. The zero-order chi connectivity index (χ0) is 14.1. The van der Waals surface area contributed by atoms with Crippen LogP contribution in [-0.2, 0) is 0 Å². The van der Waals surface area contributed by atoms with E-state index in [1.165, 1.54) is 11.8 Å². The van der Waals surface area contributed by atoms with Gasteiger partial charge in [-0.3, -0.25) is 4.57 Å². The van der Waals surface area contributed by atoms with E-state index in [-0.39, 0.29) is 10.9 Å². The van der Waals surface area contributed by atoms with Crippen LogP contribution in [0.25, 0.3) is 0 Å². The molecule has 1 aromatic heterocycles. The molecule has 1 saturated carbocycles. The summed E-state index contributed by atoms with van der Waals surface area (Å²) in [6.07, 6.45) is 2.10. The topological polar surface area (TPSA) is 76.7 Å². The lowest BCUT2D eigenvalue weighted by Gasteiger charge is -2.16. The van der Waals surface area contributed by atoms with Gasteiger partial charge in [-0.2, -0.15) is 0 Å². The van der Waals surface area contributed by atoms with Gasteiger partial charge in [0.05, 0.1) is 5.25 Å². The molecule has 5 nitrogen and oxygen atoms in total. The summed E-state index contributed by atoms with van der Waals surface area (Å²) < 4.78 is 2.78. The van der Waals surface area contributed by atoms with E-state index in [0.717, 1.165) is 28.0 Å². The summed E-state index contributed by atoms with van der Waals surface area (Å²) in [5.41, 5.74) is 6.90. The van der Waals surface area contributed by atoms with Crippen molar-refractivity contribution in [1.29, 1.82) is 0 Å². The van der Waals surface area contributed by atoms with Crippen LogP contribution in [0.15, 0.2) is 38.7 Å². The van der Waals surface area contributed by atoms with Gasteiger partial charge < -0.3 is 5.73 Å². The molecule has 1 unspecified atom stereocenters. The number of nitrogens with zero attached hydrogens (tertiary/aromatic N) is 2. The number of benzene rings is 1. The number of aromatic nitrogens is 3. The number of aromatic amines is 1. The van der Waals surface area contributed by atoms with Crippen LogP contribution in [0, 0.1) is 0 Å². The van der Waals surface area contributed by atoms with Crippen LogP contribution in [0.2, 0.25) is 0 Å². The van der Waals surface area contributed by atoms with E-state index in [1.54, 1.807) is 4.57 Å². The summed E-state index contributed by atoms with van der Waals surface area (Å²) in [6.45, 7) is 0.485. The monoisotopic (exact) mass is 354 g/mol. The van der Waals surface area contributed by atoms with Crippen LogP contribution >= 0.6 is 27.7 Å². The quantitative estimate of drug-likeness (QED) is 0.808. The second-order valence-electron chi connectivity index (χ2n) is 4.78. The lowest BCUT2D eigenvalue weighted by Crippen LogP contribution is -2.17. The van der Waals surface area contributed by atoms with Crippen molar-refractivity contribution in [2.75, 3.05) is 6.54 Å². The third-order valence-corrected chi connectivity index (χ3v) is 5.25. The largest absolute Gasteiger partial charge is 0.344 e. The number of rotatable bonds is 5. The fraction of sp³-hybridized carbons (Fsp3) is 0.385. The van der Waals surface area contributed by atoms with Crippen LogP contribution < -0.4 is 11.4 Å². The highest BCUT2D eigenvalue weighted by atomic mass is 79.9. The number of thioether (sulfide) groups is 1. The third-order valence-electron chi connectivity index (χ3n) is 3.30. The number of nitrogens with one attached hydrogen (secondary N) is 1. The molecule has 0 spiro atoms. The molecule has 1 aliphatic carbocycles. The van der Waals surface area contributed by atoms with Crippen molar-refractivity contribution >= 4 is 27.7 Å². The molecule has 1 aromatic carbocycles. The molecule has 0 saturated heterocycles. The maximum atomic E-state index is 11.8. The first-order chi connectivity index (χ1) is 9.70. The predicted octanol–water partition coefficient (Wildman–Crippen LogP) is 2.46. The van der Waals surface area contributed by atoms with E-state index in [2.05, 4.69) is 26.1 Å². The molecule has 0 bridgehead atoms. The molecular formula is C13H15BrN4OS. The van der Waals surface area contributed by atoms with Crippen LogP contribution in [0.3, 0.4) is 0 Å². The maximum Gasteiger partial charge on any atom is 0.344 e. The highest BCUT2D eigenvalue weighted by Gasteiger charge is 2.29. The average molecular weight is 355 g/mol. The standard InChI is InChI=1S/C13H15BrN4OS/c14-10-4-2-1-3-9(10)11(7-15)20-13-17-16-12(19)18(13)8-5-6-8/h1-4,8,11H,5-7,15H2,(H,16,19). The van der Waals surface area contributed by atoms with Gasteiger partial charge in [-0.1, -0.05) is 45.9 Å².